The van der Waals surface area contributed by atoms with Crippen molar-refractivity contribution in [2.24, 2.45) is 0 Å². The summed E-state index contributed by atoms with van der Waals surface area (Å²) < 4.78 is 11.4. The number of nitro benzene ring substituents is 1. The minimum Gasteiger partial charge on any atom is -0.471 e. The first kappa shape index (κ1) is 24.3. The van der Waals surface area contributed by atoms with Crippen LogP contribution >= 0.6 is 0 Å². The van der Waals surface area contributed by atoms with Gasteiger partial charge in [-0.3, -0.25) is 10.1 Å². The molecule has 5 aromatic rings. The Morgan fingerprint density at radius 1 is 0.816 bits per heavy atom. The van der Waals surface area contributed by atoms with Crippen LogP contribution in [0.15, 0.2) is 103 Å². The van der Waals surface area contributed by atoms with Crippen LogP contribution in [0.5, 0.6) is 11.6 Å². The quantitative estimate of drug-likeness (QED) is 0.103. The van der Waals surface area contributed by atoms with Crippen LogP contribution in [0.1, 0.15) is 27.2 Å². The average Bonchev–Trinajstić information content (AvgIpc) is 2.95. The van der Waals surface area contributed by atoms with E-state index in [-0.39, 0.29) is 12.3 Å². The van der Waals surface area contributed by atoms with Crippen molar-refractivity contribution < 1.29 is 19.2 Å². The zero-order valence-electron chi connectivity index (χ0n) is 20.1. The highest BCUT2D eigenvalue weighted by Gasteiger charge is 2.11. The molecular formula is C30H21N3O5. The number of fused-ring (bicyclic) bond motifs is 1. The summed E-state index contributed by atoms with van der Waals surface area (Å²) in [5.41, 5.74) is 3.75. The second-order valence-electron chi connectivity index (χ2n) is 8.28. The highest BCUT2D eigenvalue weighted by Crippen LogP contribution is 2.23. The van der Waals surface area contributed by atoms with E-state index in [4.69, 9.17) is 9.47 Å². The van der Waals surface area contributed by atoms with Crippen LogP contribution in [0.25, 0.3) is 23.2 Å². The van der Waals surface area contributed by atoms with Crippen LogP contribution in [0.4, 0.5) is 5.69 Å². The third-order valence-corrected chi connectivity index (χ3v) is 5.60. The van der Waals surface area contributed by atoms with Gasteiger partial charge in [-0.05, 0) is 53.6 Å². The number of nitrogens with zero attached hydrogens (tertiary/aromatic N) is 3. The lowest BCUT2D eigenvalue weighted by atomic mass is 10.1. The third kappa shape index (κ3) is 5.88. The molecule has 5 rings (SSSR count). The fourth-order valence-electron chi connectivity index (χ4n) is 3.67. The molecule has 0 aliphatic carbocycles. The lowest BCUT2D eigenvalue weighted by molar-refractivity contribution is -0.384. The molecule has 0 N–H and O–H groups in total. The smallest absolute Gasteiger partial charge is 0.343 e. The first-order valence-corrected chi connectivity index (χ1v) is 11.7. The van der Waals surface area contributed by atoms with E-state index in [1.807, 2.05) is 30.3 Å². The van der Waals surface area contributed by atoms with Crippen LogP contribution in [-0.2, 0) is 6.61 Å². The minimum absolute atomic E-state index is 0.00400. The van der Waals surface area contributed by atoms with Gasteiger partial charge >= 0.3 is 5.97 Å². The van der Waals surface area contributed by atoms with Crippen LogP contribution < -0.4 is 9.47 Å². The largest absolute Gasteiger partial charge is 0.471 e. The number of para-hydroxylation sites is 3. The molecular weight excluding hydrogens is 482 g/mol. The Bertz CT molecular complexity index is 1630. The van der Waals surface area contributed by atoms with Gasteiger partial charge in [-0.15, -0.1) is 0 Å². The van der Waals surface area contributed by atoms with Gasteiger partial charge in [-0.1, -0.05) is 60.7 Å². The SMILES string of the molecule is O=C(Oc1ccccc1)c1ccc(COc2nc3ccccc3nc2/C=C/c2cccc([N+](=O)[O-])c2)cc1. The Kier molecular flexibility index (Phi) is 7.13. The van der Waals surface area contributed by atoms with Crippen molar-refractivity contribution in [2.75, 3.05) is 0 Å². The standard InChI is InChI=1S/C30H21N3O5/c34-30(38-25-9-2-1-3-10-25)23-16-13-22(14-17-23)20-37-29-28(31-26-11-4-5-12-27(26)32-29)18-15-21-7-6-8-24(19-21)33(35)36/h1-19H,20H2/b18-15+. The zero-order valence-corrected chi connectivity index (χ0v) is 20.1. The maximum atomic E-state index is 12.4. The van der Waals surface area contributed by atoms with Crippen LogP contribution in [-0.4, -0.2) is 20.9 Å². The van der Waals surface area contributed by atoms with Gasteiger partial charge in [-0.25, -0.2) is 14.8 Å². The predicted molar refractivity (Wildman–Crippen MR) is 144 cm³/mol. The summed E-state index contributed by atoms with van der Waals surface area (Å²) in [5.74, 6) is 0.348. The third-order valence-electron chi connectivity index (χ3n) is 5.60. The molecule has 0 radical (unpaired) electrons. The van der Waals surface area contributed by atoms with E-state index in [0.717, 1.165) is 5.56 Å². The van der Waals surface area contributed by atoms with E-state index in [1.54, 1.807) is 72.8 Å². The number of rotatable bonds is 8. The van der Waals surface area contributed by atoms with Crippen LogP contribution in [0.2, 0.25) is 0 Å². The molecule has 186 valence electrons. The summed E-state index contributed by atoms with van der Waals surface area (Å²) in [6.07, 6.45) is 3.45. The molecule has 0 unspecified atom stereocenters. The lowest BCUT2D eigenvalue weighted by Crippen LogP contribution is -2.08. The van der Waals surface area contributed by atoms with Crippen molar-refractivity contribution in [3.8, 4) is 11.6 Å². The molecule has 8 nitrogen and oxygen atoms in total. The molecule has 0 atom stereocenters. The Morgan fingerprint density at radius 2 is 1.53 bits per heavy atom. The van der Waals surface area contributed by atoms with Gasteiger partial charge in [0.2, 0.25) is 5.88 Å². The summed E-state index contributed by atoms with van der Waals surface area (Å²) in [7, 11) is 0. The maximum Gasteiger partial charge on any atom is 0.343 e. The van der Waals surface area contributed by atoms with Gasteiger partial charge in [0.1, 0.15) is 18.1 Å². The highest BCUT2D eigenvalue weighted by atomic mass is 16.6. The van der Waals surface area contributed by atoms with Crippen molar-refractivity contribution in [3.63, 3.8) is 0 Å². The van der Waals surface area contributed by atoms with E-state index in [0.29, 0.717) is 39.5 Å². The number of hydrogen-bond acceptors (Lipinski definition) is 7. The number of benzene rings is 4. The lowest BCUT2D eigenvalue weighted by Gasteiger charge is -2.10. The number of ether oxygens (including phenoxy) is 2. The van der Waals surface area contributed by atoms with E-state index in [1.165, 1.54) is 12.1 Å². The van der Waals surface area contributed by atoms with Crippen LogP contribution in [0.3, 0.4) is 0 Å². The number of esters is 1. The predicted octanol–water partition coefficient (Wildman–Crippen LogP) is 6.51. The fourth-order valence-corrected chi connectivity index (χ4v) is 3.67. The van der Waals surface area contributed by atoms with Gasteiger partial charge in [-0.2, -0.15) is 0 Å². The molecule has 1 aromatic heterocycles. The normalized spacial score (nSPS) is 10.9. The van der Waals surface area contributed by atoms with Crippen molar-refractivity contribution in [2.45, 2.75) is 6.61 Å². The number of non-ortho nitro benzene ring substituents is 1. The molecule has 0 spiro atoms. The molecule has 0 aliphatic rings. The molecule has 0 bridgehead atoms. The van der Waals surface area contributed by atoms with E-state index in [2.05, 4.69) is 9.97 Å². The number of hydrogen-bond donors (Lipinski definition) is 0. The molecule has 0 amide bonds. The summed E-state index contributed by atoms with van der Waals surface area (Å²) in [5, 5.41) is 11.1. The van der Waals surface area contributed by atoms with Crippen LogP contribution in [0, 0.1) is 10.1 Å². The second-order valence-corrected chi connectivity index (χ2v) is 8.28. The zero-order chi connectivity index (χ0) is 26.3. The van der Waals surface area contributed by atoms with Crippen molar-refractivity contribution in [1.29, 1.82) is 0 Å². The summed E-state index contributed by atoms with van der Waals surface area (Å²) in [6, 6.07) is 29.6. The highest BCUT2D eigenvalue weighted by molar-refractivity contribution is 5.91. The molecule has 0 aliphatic heterocycles. The molecule has 0 saturated carbocycles. The number of nitro groups is 1. The number of aromatic nitrogens is 2. The average molecular weight is 504 g/mol. The van der Waals surface area contributed by atoms with Gasteiger partial charge in [0.05, 0.1) is 21.5 Å². The minimum atomic E-state index is -0.447. The Labute approximate surface area is 218 Å². The van der Waals surface area contributed by atoms with Gasteiger partial charge in [0.15, 0.2) is 0 Å². The van der Waals surface area contributed by atoms with Crippen molar-refractivity contribution in [1.82, 2.24) is 9.97 Å². The van der Waals surface area contributed by atoms with E-state index in [9.17, 15) is 14.9 Å². The summed E-state index contributed by atoms with van der Waals surface area (Å²) in [4.78, 5) is 32.4. The Hall–Kier alpha value is -5.37. The number of carbonyl (C=O) groups excluding carboxylic acids is 1. The molecule has 4 aromatic carbocycles. The van der Waals surface area contributed by atoms with Crippen molar-refractivity contribution in [3.05, 3.63) is 136 Å². The Balaban J connectivity index is 1.34. The van der Waals surface area contributed by atoms with Gasteiger partial charge < -0.3 is 9.47 Å². The van der Waals surface area contributed by atoms with E-state index >= 15 is 0 Å². The molecule has 38 heavy (non-hydrogen) atoms. The maximum absolute atomic E-state index is 12.4. The van der Waals surface area contributed by atoms with E-state index < -0.39 is 10.9 Å². The first-order valence-electron chi connectivity index (χ1n) is 11.7. The topological polar surface area (TPSA) is 104 Å². The first-order chi connectivity index (χ1) is 18.5. The molecule has 0 fully saturated rings. The van der Waals surface area contributed by atoms with Gasteiger partial charge in [0.25, 0.3) is 5.69 Å². The number of carbonyl (C=O) groups is 1. The summed E-state index contributed by atoms with van der Waals surface area (Å²) >= 11 is 0. The second kappa shape index (κ2) is 11.1. The fraction of sp³-hybridized carbons (Fsp3) is 0.0333. The Morgan fingerprint density at radius 3 is 2.26 bits per heavy atom. The van der Waals surface area contributed by atoms with Gasteiger partial charge in [0, 0.05) is 12.1 Å². The molecule has 0 saturated heterocycles. The molecule has 1 heterocycles. The van der Waals surface area contributed by atoms with Crippen molar-refractivity contribution >= 4 is 34.8 Å². The molecule has 8 heteroatoms. The summed E-state index contributed by atoms with van der Waals surface area (Å²) in [6.45, 7) is 0.193. The monoisotopic (exact) mass is 503 g/mol.